The van der Waals surface area contributed by atoms with Crippen molar-refractivity contribution in [2.75, 3.05) is 19.6 Å². The Morgan fingerprint density at radius 2 is 2.30 bits per heavy atom. The van der Waals surface area contributed by atoms with Crippen LogP contribution in [-0.4, -0.2) is 38.4 Å². The molecule has 0 aliphatic carbocycles. The van der Waals surface area contributed by atoms with Crippen LogP contribution in [0.15, 0.2) is 29.2 Å². The number of nitrogens with zero attached hydrogens (tertiary/aromatic N) is 2. The van der Waals surface area contributed by atoms with Gasteiger partial charge in [0.1, 0.15) is 0 Å². The molecule has 6 heteroatoms. The van der Waals surface area contributed by atoms with Gasteiger partial charge in [-0.1, -0.05) is 13.0 Å². The van der Waals surface area contributed by atoms with Crippen LogP contribution < -0.4 is 5.32 Å². The summed E-state index contributed by atoms with van der Waals surface area (Å²) >= 11 is 0. The highest BCUT2D eigenvalue weighted by Gasteiger charge is 2.32. The van der Waals surface area contributed by atoms with Gasteiger partial charge in [-0.15, -0.1) is 0 Å². The fourth-order valence-electron chi connectivity index (χ4n) is 2.47. The predicted octanol–water partition coefficient (Wildman–Crippen LogP) is 1.32. The molecule has 5 nitrogen and oxygen atoms in total. The first-order valence-electron chi connectivity index (χ1n) is 6.82. The number of rotatable bonds is 5. The topological polar surface area (TPSA) is 73.2 Å². The molecule has 0 saturated carbocycles. The van der Waals surface area contributed by atoms with Gasteiger partial charge in [-0.25, -0.2) is 8.42 Å². The molecule has 1 heterocycles. The van der Waals surface area contributed by atoms with E-state index in [2.05, 4.69) is 5.32 Å². The van der Waals surface area contributed by atoms with Gasteiger partial charge in [-0.05, 0) is 37.6 Å². The number of nitriles is 1. The summed E-state index contributed by atoms with van der Waals surface area (Å²) in [5.41, 5.74) is 0.368. The molecule has 1 aromatic rings. The third-order valence-corrected chi connectivity index (χ3v) is 5.40. The summed E-state index contributed by atoms with van der Waals surface area (Å²) in [4.78, 5) is 0.205. The summed E-state index contributed by atoms with van der Waals surface area (Å²) in [6.45, 7) is 4.01. The highest BCUT2D eigenvalue weighted by molar-refractivity contribution is 7.89. The van der Waals surface area contributed by atoms with Crippen molar-refractivity contribution in [3.63, 3.8) is 0 Å². The second-order valence-electron chi connectivity index (χ2n) is 4.90. The highest BCUT2D eigenvalue weighted by atomic mass is 32.2. The molecule has 1 aliphatic rings. The SMILES string of the molecule is CCCN([C@@H]1CCNC1)S(=O)(=O)c1cccc(C#N)c1. The van der Waals surface area contributed by atoms with E-state index in [1.165, 1.54) is 6.07 Å². The molecule has 108 valence electrons. The van der Waals surface area contributed by atoms with E-state index in [1.54, 1.807) is 22.5 Å². The second kappa shape index (κ2) is 6.35. The van der Waals surface area contributed by atoms with Gasteiger partial charge in [0.2, 0.25) is 10.0 Å². The lowest BCUT2D eigenvalue weighted by atomic mass is 10.2. The van der Waals surface area contributed by atoms with Crippen LogP contribution >= 0.6 is 0 Å². The largest absolute Gasteiger partial charge is 0.315 e. The zero-order valence-electron chi connectivity index (χ0n) is 11.5. The summed E-state index contributed by atoms with van der Waals surface area (Å²) in [6.07, 6.45) is 1.60. The maximum Gasteiger partial charge on any atom is 0.243 e. The summed E-state index contributed by atoms with van der Waals surface area (Å²) in [7, 11) is -3.54. The van der Waals surface area contributed by atoms with Crippen molar-refractivity contribution in [2.24, 2.45) is 0 Å². The Kier molecular flexibility index (Phi) is 4.76. The monoisotopic (exact) mass is 293 g/mol. The first-order chi connectivity index (χ1) is 9.59. The first kappa shape index (κ1) is 15.0. The summed E-state index contributed by atoms with van der Waals surface area (Å²) in [5.74, 6) is 0. The van der Waals surface area contributed by atoms with Crippen LogP contribution in [0, 0.1) is 11.3 Å². The van der Waals surface area contributed by atoms with Crippen LogP contribution in [0.25, 0.3) is 0 Å². The maximum atomic E-state index is 12.8. The standard InChI is InChI=1S/C14H19N3O2S/c1-2-8-17(13-6-7-16-11-13)20(18,19)14-5-3-4-12(9-14)10-15/h3-5,9,13,16H,2,6-8,11H2,1H3/t13-/m1/s1. The number of benzene rings is 1. The van der Waals surface area contributed by atoms with Crippen LogP contribution in [0.5, 0.6) is 0 Å². The van der Waals surface area contributed by atoms with Gasteiger partial charge in [-0.3, -0.25) is 0 Å². The van der Waals surface area contributed by atoms with Crippen molar-refractivity contribution < 1.29 is 8.42 Å². The summed E-state index contributed by atoms with van der Waals surface area (Å²) < 4.78 is 27.1. The number of nitrogens with one attached hydrogen (secondary N) is 1. The molecular weight excluding hydrogens is 274 g/mol. The second-order valence-corrected chi connectivity index (χ2v) is 6.79. The lowest BCUT2D eigenvalue weighted by molar-refractivity contribution is 0.335. The summed E-state index contributed by atoms with van der Waals surface area (Å²) in [5, 5.41) is 12.1. The normalized spacial score (nSPS) is 19.1. The van der Waals surface area contributed by atoms with Gasteiger partial charge < -0.3 is 5.32 Å². The Labute approximate surface area is 120 Å². The average molecular weight is 293 g/mol. The Morgan fingerprint density at radius 3 is 2.90 bits per heavy atom. The van der Waals surface area contributed by atoms with Crippen LogP contribution in [0.2, 0.25) is 0 Å². The van der Waals surface area contributed by atoms with Gasteiger partial charge in [0, 0.05) is 19.1 Å². The van der Waals surface area contributed by atoms with E-state index in [0.717, 1.165) is 19.4 Å². The maximum absolute atomic E-state index is 12.8. The number of sulfonamides is 1. The number of hydrogen-bond donors (Lipinski definition) is 1. The van der Waals surface area contributed by atoms with Crippen molar-refractivity contribution in [1.29, 1.82) is 5.26 Å². The van der Waals surface area contributed by atoms with E-state index in [0.29, 0.717) is 18.7 Å². The average Bonchev–Trinajstić information content (AvgIpc) is 2.98. The zero-order chi connectivity index (χ0) is 14.6. The minimum atomic E-state index is -3.54. The van der Waals surface area contributed by atoms with E-state index in [1.807, 2.05) is 13.0 Å². The fourth-order valence-corrected chi connectivity index (χ4v) is 4.26. The Morgan fingerprint density at radius 1 is 1.50 bits per heavy atom. The minimum absolute atomic E-state index is 0.00527. The molecule has 1 saturated heterocycles. The van der Waals surface area contributed by atoms with E-state index in [4.69, 9.17) is 5.26 Å². The molecule has 20 heavy (non-hydrogen) atoms. The lowest BCUT2D eigenvalue weighted by Gasteiger charge is -2.27. The molecule has 1 fully saturated rings. The van der Waals surface area contributed by atoms with E-state index in [9.17, 15) is 8.42 Å². The van der Waals surface area contributed by atoms with Crippen molar-refractivity contribution >= 4 is 10.0 Å². The quantitative estimate of drug-likeness (QED) is 0.888. The summed E-state index contributed by atoms with van der Waals surface area (Å²) in [6, 6.07) is 8.22. The van der Waals surface area contributed by atoms with Crippen molar-refractivity contribution in [2.45, 2.75) is 30.7 Å². The van der Waals surface area contributed by atoms with Crippen LogP contribution in [0.4, 0.5) is 0 Å². The van der Waals surface area contributed by atoms with Crippen molar-refractivity contribution in [3.8, 4) is 6.07 Å². The van der Waals surface area contributed by atoms with Gasteiger partial charge in [0.15, 0.2) is 0 Å². The van der Waals surface area contributed by atoms with E-state index >= 15 is 0 Å². The van der Waals surface area contributed by atoms with Gasteiger partial charge in [0.25, 0.3) is 0 Å². The van der Waals surface area contributed by atoms with Crippen LogP contribution in [0.1, 0.15) is 25.3 Å². The van der Waals surface area contributed by atoms with Gasteiger partial charge in [-0.2, -0.15) is 9.57 Å². The third-order valence-electron chi connectivity index (χ3n) is 3.46. The molecule has 0 spiro atoms. The zero-order valence-corrected chi connectivity index (χ0v) is 12.4. The molecule has 0 aromatic heterocycles. The fraction of sp³-hybridized carbons (Fsp3) is 0.500. The molecule has 0 radical (unpaired) electrons. The van der Waals surface area contributed by atoms with E-state index in [-0.39, 0.29) is 10.9 Å². The predicted molar refractivity (Wildman–Crippen MR) is 76.6 cm³/mol. The molecule has 1 aromatic carbocycles. The van der Waals surface area contributed by atoms with Gasteiger partial charge >= 0.3 is 0 Å². The van der Waals surface area contributed by atoms with Crippen LogP contribution in [0.3, 0.4) is 0 Å². The first-order valence-corrected chi connectivity index (χ1v) is 8.26. The van der Waals surface area contributed by atoms with Crippen LogP contribution in [-0.2, 0) is 10.0 Å². The molecule has 2 rings (SSSR count). The molecule has 0 unspecified atom stereocenters. The van der Waals surface area contributed by atoms with Crippen molar-refractivity contribution in [1.82, 2.24) is 9.62 Å². The van der Waals surface area contributed by atoms with Crippen molar-refractivity contribution in [3.05, 3.63) is 29.8 Å². The lowest BCUT2D eigenvalue weighted by Crippen LogP contribution is -2.42. The molecule has 1 atom stereocenters. The number of hydrogen-bond acceptors (Lipinski definition) is 4. The highest BCUT2D eigenvalue weighted by Crippen LogP contribution is 2.22. The molecular formula is C14H19N3O2S. The Balaban J connectivity index is 2.36. The van der Waals surface area contributed by atoms with Gasteiger partial charge in [0.05, 0.1) is 16.5 Å². The minimum Gasteiger partial charge on any atom is -0.315 e. The Hall–Kier alpha value is -1.42. The molecule has 1 N–H and O–H groups in total. The van der Waals surface area contributed by atoms with E-state index < -0.39 is 10.0 Å². The molecule has 1 aliphatic heterocycles. The molecule has 0 bridgehead atoms. The third kappa shape index (κ3) is 3.01. The molecule has 0 amide bonds. The smallest absolute Gasteiger partial charge is 0.243 e. The Bertz CT molecular complexity index is 601.